The smallest absolute Gasteiger partial charge is 0.338 e. The van der Waals surface area contributed by atoms with Gasteiger partial charge in [-0.05, 0) is 12.8 Å². The van der Waals surface area contributed by atoms with Crippen LogP contribution in [0.15, 0.2) is 18.4 Å². The van der Waals surface area contributed by atoms with Gasteiger partial charge in [-0.15, -0.1) is 5.73 Å². The van der Waals surface area contributed by atoms with Gasteiger partial charge >= 0.3 is 11.9 Å². The lowest BCUT2D eigenvalue weighted by molar-refractivity contribution is -0.141. The molecule has 0 aliphatic carbocycles. The van der Waals surface area contributed by atoms with Gasteiger partial charge in [0.1, 0.15) is 0 Å². The molecule has 4 heteroatoms. The summed E-state index contributed by atoms with van der Waals surface area (Å²) in [6.45, 7) is 5.90. The third-order valence-electron chi connectivity index (χ3n) is 4.81. The molecular weight excluding hydrogens is 352 g/mol. The standard InChI is InChI=1S/C24H42O4/c1-3-20-24(26)28-22-19-17-15-13-11-9-7-5-4-6-8-10-12-14-16-18-21-27-23(2)25/h20H,1,4-19,21-22H2,2H3. The summed E-state index contributed by atoms with van der Waals surface area (Å²) in [5.41, 5.74) is 2.42. The zero-order chi connectivity index (χ0) is 20.7. The lowest BCUT2D eigenvalue weighted by Crippen LogP contribution is -2.01. The summed E-state index contributed by atoms with van der Waals surface area (Å²) in [7, 11) is 0. The Balaban J connectivity index is 3.07. The summed E-state index contributed by atoms with van der Waals surface area (Å²) < 4.78 is 9.93. The summed E-state index contributed by atoms with van der Waals surface area (Å²) in [4.78, 5) is 21.7. The van der Waals surface area contributed by atoms with Crippen molar-refractivity contribution >= 4 is 11.9 Å². The van der Waals surface area contributed by atoms with Gasteiger partial charge in [-0.2, -0.15) is 0 Å². The Hall–Kier alpha value is -1.54. The average Bonchev–Trinajstić information content (AvgIpc) is 2.66. The summed E-state index contributed by atoms with van der Waals surface area (Å²) in [6, 6.07) is 0. The summed E-state index contributed by atoms with van der Waals surface area (Å²) in [5, 5.41) is 0. The number of carbonyl (C=O) groups excluding carboxylic acids is 2. The number of carbonyl (C=O) groups is 2. The number of rotatable bonds is 20. The Bertz CT molecular complexity index is 424. The molecule has 0 unspecified atom stereocenters. The van der Waals surface area contributed by atoms with E-state index < -0.39 is 0 Å². The van der Waals surface area contributed by atoms with Crippen molar-refractivity contribution in [1.29, 1.82) is 0 Å². The van der Waals surface area contributed by atoms with E-state index in [1.165, 1.54) is 96.5 Å². The van der Waals surface area contributed by atoms with E-state index in [1.54, 1.807) is 0 Å². The van der Waals surface area contributed by atoms with E-state index in [9.17, 15) is 9.59 Å². The molecule has 0 N–H and O–H groups in total. The SMILES string of the molecule is C=C=CC(=O)OCCCCCCCCCCCCCCCCCCOC(C)=O. The molecule has 0 aromatic rings. The van der Waals surface area contributed by atoms with Crippen molar-refractivity contribution in [3.63, 3.8) is 0 Å². The van der Waals surface area contributed by atoms with Crippen LogP contribution in [0.3, 0.4) is 0 Å². The first-order valence-electron chi connectivity index (χ1n) is 11.3. The summed E-state index contributed by atoms with van der Waals surface area (Å²) >= 11 is 0. The molecule has 162 valence electrons. The van der Waals surface area contributed by atoms with Gasteiger partial charge in [-0.25, -0.2) is 4.79 Å². The maximum Gasteiger partial charge on any atom is 0.338 e. The number of unbranched alkanes of at least 4 members (excludes halogenated alkanes) is 15. The van der Waals surface area contributed by atoms with Crippen LogP contribution < -0.4 is 0 Å². The van der Waals surface area contributed by atoms with Crippen molar-refractivity contribution < 1.29 is 19.1 Å². The second-order valence-corrected chi connectivity index (χ2v) is 7.51. The highest BCUT2D eigenvalue weighted by atomic mass is 16.5. The highest BCUT2D eigenvalue weighted by Gasteiger charge is 1.97. The molecule has 0 radical (unpaired) electrons. The van der Waals surface area contributed by atoms with Gasteiger partial charge in [0.15, 0.2) is 0 Å². The Morgan fingerprint density at radius 1 is 0.643 bits per heavy atom. The third-order valence-corrected chi connectivity index (χ3v) is 4.81. The Morgan fingerprint density at radius 3 is 1.29 bits per heavy atom. The van der Waals surface area contributed by atoms with Crippen LogP contribution in [0.1, 0.15) is 110 Å². The predicted octanol–water partition coefficient (Wildman–Crippen LogP) is 6.68. The van der Waals surface area contributed by atoms with Crippen LogP contribution in [0.2, 0.25) is 0 Å². The van der Waals surface area contributed by atoms with E-state index in [0.29, 0.717) is 13.2 Å². The molecule has 0 atom stereocenters. The average molecular weight is 395 g/mol. The molecule has 0 saturated carbocycles. The van der Waals surface area contributed by atoms with Crippen LogP contribution in [0.4, 0.5) is 0 Å². The molecular formula is C24H42O4. The maximum absolute atomic E-state index is 11.1. The largest absolute Gasteiger partial charge is 0.466 e. The van der Waals surface area contributed by atoms with Gasteiger partial charge in [-0.3, -0.25) is 4.79 Å². The van der Waals surface area contributed by atoms with Crippen molar-refractivity contribution in [2.75, 3.05) is 13.2 Å². The maximum atomic E-state index is 11.1. The predicted molar refractivity (Wildman–Crippen MR) is 115 cm³/mol. The number of hydrogen-bond acceptors (Lipinski definition) is 4. The fraction of sp³-hybridized carbons (Fsp3) is 0.792. The lowest BCUT2D eigenvalue weighted by atomic mass is 10.0. The second-order valence-electron chi connectivity index (χ2n) is 7.51. The van der Waals surface area contributed by atoms with E-state index in [2.05, 4.69) is 12.3 Å². The van der Waals surface area contributed by atoms with Gasteiger partial charge in [0.2, 0.25) is 0 Å². The van der Waals surface area contributed by atoms with E-state index in [-0.39, 0.29) is 11.9 Å². The van der Waals surface area contributed by atoms with Crippen LogP contribution in [0, 0.1) is 0 Å². The molecule has 0 spiro atoms. The number of ether oxygens (including phenoxy) is 2. The van der Waals surface area contributed by atoms with E-state index in [1.807, 2.05) is 0 Å². The zero-order valence-electron chi connectivity index (χ0n) is 18.1. The molecule has 0 aliphatic rings. The van der Waals surface area contributed by atoms with Crippen LogP contribution in [0.5, 0.6) is 0 Å². The molecule has 0 rings (SSSR count). The first-order valence-corrected chi connectivity index (χ1v) is 11.3. The normalized spacial score (nSPS) is 10.3. The molecule has 28 heavy (non-hydrogen) atoms. The minimum Gasteiger partial charge on any atom is -0.466 e. The lowest BCUT2D eigenvalue weighted by Gasteiger charge is -2.04. The van der Waals surface area contributed by atoms with Crippen molar-refractivity contribution in [3.8, 4) is 0 Å². The minimum absolute atomic E-state index is 0.169. The molecule has 0 aliphatic heterocycles. The Morgan fingerprint density at radius 2 is 0.964 bits per heavy atom. The Kier molecular flexibility index (Phi) is 20.6. The highest BCUT2D eigenvalue weighted by molar-refractivity contribution is 5.81. The van der Waals surface area contributed by atoms with Gasteiger partial charge in [0.25, 0.3) is 0 Å². The van der Waals surface area contributed by atoms with Crippen molar-refractivity contribution in [2.45, 2.75) is 110 Å². The van der Waals surface area contributed by atoms with Gasteiger partial charge in [-0.1, -0.05) is 96.5 Å². The zero-order valence-corrected chi connectivity index (χ0v) is 18.1. The van der Waals surface area contributed by atoms with E-state index in [4.69, 9.17) is 9.47 Å². The summed E-state index contributed by atoms with van der Waals surface area (Å²) in [6.07, 6.45) is 21.4. The molecule has 0 aromatic heterocycles. The van der Waals surface area contributed by atoms with Crippen molar-refractivity contribution in [2.24, 2.45) is 0 Å². The quantitative estimate of drug-likeness (QED) is 0.100. The van der Waals surface area contributed by atoms with Gasteiger partial charge in [0, 0.05) is 6.92 Å². The third kappa shape index (κ3) is 22.5. The fourth-order valence-electron chi connectivity index (χ4n) is 3.19. The molecule has 0 bridgehead atoms. The number of hydrogen-bond donors (Lipinski definition) is 0. The topological polar surface area (TPSA) is 52.6 Å². The van der Waals surface area contributed by atoms with Gasteiger partial charge in [0.05, 0.1) is 19.3 Å². The fourth-order valence-corrected chi connectivity index (χ4v) is 3.19. The second kappa shape index (κ2) is 21.8. The molecule has 0 fully saturated rings. The van der Waals surface area contributed by atoms with Crippen LogP contribution in [0.25, 0.3) is 0 Å². The van der Waals surface area contributed by atoms with Crippen molar-refractivity contribution in [3.05, 3.63) is 18.4 Å². The molecule has 0 amide bonds. The van der Waals surface area contributed by atoms with Crippen LogP contribution >= 0.6 is 0 Å². The van der Waals surface area contributed by atoms with E-state index in [0.717, 1.165) is 19.3 Å². The minimum atomic E-state index is -0.341. The monoisotopic (exact) mass is 394 g/mol. The number of esters is 2. The van der Waals surface area contributed by atoms with E-state index >= 15 is 0 Å². The molecule has 0 aromatic carbocycles. The van der Waals surface area contributed by atoms with Gasteiger partial charge < -0.3 is 9.47 Å². The molecule has 0 saturated heterocycles. The molecule has 0 heterocycles. The van der Waals surface area contributed by atoms with Crippen LogP contribution in [-0.2, 0) is 19.1 Å². The van der Waals surface area contributed by atoms with Crippen molar-refractivity contribution in [1.82, 2.24) is 0 Å². The highest BCUT2D eigenvalue weighted by Crippen LogP contribution is 2.13. The molecule has 4 nitrogen and oxygen atoms in total. The first-order chi connectivity index (χ1) is 13.7. The first kappa shape index (κ1) is 26.5. The summed E-state index contributed by atoms with van der Waals surface area (Å²) in [5.74, 6) is -0.511. The Labute approximate surface area is 172 Å². The van der Waals surface area contributed by atoms with Crippen LogP contribution in [-0.4, -0.2) is 25.2 Å².